The second kappa shape index (κ2) is 8.20. The molecule has 1 unspecified atom stereocenters. The predicted molar refractivity (Wildman–Crippen MR) is 57.0 cm³/mol. The van der Waals surface area contributed by atoms with Crippen LogP contribution in [0.4, 0.5) is 0 Å². The van der Waals surface area contributed by atoms with E-state index in [2.05, 4.69) is 0 Å². The van der Waals surface area contributed by atoms with Gasteiger partial charge in [-0.1, -0.05) is 0 Å². The number of nitrogens with zero attached hydrogens (tertiary/aromatic N) is 1. The fourth-order valence-electron chi connectivity index (χ4n) is 1.47. The molecule has 1 atom stereocenters. The number of carboxylic acids is 1. The van der Waals surface area contributed by atoms with E-state index in [0.29, 0.717) is 13.1 Å². The van der Waals surface area contributed by atoms with E-state index in [-0.39, 0.29) is 32.0 Å². The molecule has 94 valence electrons. The van der Waals surface area contributed by atoms with Crippen LogP contribution in [0.15, 0.2) is 0 Å². The molecule has 16 heavy (non-hydrogen) atoms. The molecule has 3 N–H and O–H groups in total. The van der Waals surface area contributed by atoms with Crippen molar-refractivity contribution in [3.63, 3.8) is 0 Å². The van der Waals surface area contributed by atoms with E-state index >= 15 is 0 Å². The molecule has 6 nitrogen and oxygen atoms in total. The molecular formula is C10H19NO5. The van der Waals surface area contributed by atoms with Gasteiger partial charge in [0.25, 0.3) is 0 Å². The maximum absolute atomic E-state index is 10.9. The van der Waals surface area contributed by atoms with Crippen molar-refractivity contribution in [3.8, 4) is 0 Å². The molecular weight excluding hydrogens is 214 g/mol. The Kier molecular flexibility index (Phi) is 7.70. The molecule has 0 aliphatic heterocycles. The number of hydrogen-bond donors (Lipinski definition) is 3. The van der Waals surface area contributed by atoms with Crippen LogP contribution in [0.25, 0.3) is 0 Å². The molecule has 0 spiro atoms. The number of aliphatic hydroxyl groups excluding tert-OH is 2. The predicted octanol–water partition coefficient (Wildman–Crippen LogP) is -1.05. The van der Waals surface area contributed by atoms with Crippen molar-refractivity contribution in [1.82, 2.24) is 4.90 Å². The van der Waals surface area contributed by atoms with Gasteiger partial charge in [0.1, 0.15) is 5.78 Å². The first-order valence-electron chi connectivity index (χ1n) is 5.17. The maximum Gasteiger partial charge on any atom is 0.308 e. The number of Topliss-reactive ketones (excluding diaryl/α,β-unsaturated/α-hetero) is 1. The van der Waals surface area contributed by atoms with E-state index in [9.17, 15) is 9.59 Å². The Hall–Kier alpha value is -0.980. The Balaban J connectivity index is 4.31. The first-order chi connectivity index (χ1) is 7.51. The summed E-state index contributed by atoms with van der Waals surface area (Å²) < 4.78 is 0. The van der Waals surface area contributed by atoms with Crippen LogP contribution in [0.1, 0.15) is 13.3 Å². The summed E-state index contributed by atoms with van der Waals surface area (Å²) in [6.07, 6.45) is -0.0251. The third-order valence-corrected chi connectivity index (χ3v) is 2.19. The van der Waals surface area contributed by atoms with Gasteiger partial charge >= 0.3 is 5.97 Å². The molecule has 0 bridgehead atoms. The Bertz CT molecular complexity index is 225. The highest BCUT2D eigenvalue weighted by molar-refractivity contribution is 5.82. The van der Waals surface area contributed by atoms with Gasteiger partial charge in [-0.2, -0.15) is 0 Å². The molecule has 0 aromatic rings. The van der Waals surface area contributed by atoms with Gasteiger partial charge in [0.15, 0.2) is 0 Å². The molecule has 0 saturated heterocycles. The third-order valence-electron chi connectivity index (χ3n) is 2.19. The van der Waals surface area contributed by atoms with Crippen molar-refractivity contribution in [2.45, 2.75) is 13.3 Å². The van der Waals surface area contributed by atoms with E-state index < -0.39 is 11.9 Å². The summed E-state index contributed by atoms with van der Waals surface area (Å²) in [5.41, 5.74) is 0. The average Bonchev–Trinajstić information content (AvgIpc) is 2.16. The summed E-state index contributed by atoms with van der Waals surface area (Å²) in [7, 11) is 0. The second-order valence-electron chi connectivity index (χ2n) is 3.69. The number of carbonyl (C=O) groups excluding carboxylic acids is 1. The van der Waals surface area contributed by atoms with Gasteiger partial charge in [-0.3, -0.25) is 9.69 Å². The number of ketones is 1. The van der Waals surface area contributed by atoms with E-state index in [0.717, 1.165) is 0 Å². The molecule has 0 saturated carbocycles. The average molecular weight is 233 g/mol. The zero-order valence-corrected chi connectivity index (χ0v) is 9.43. The Morgan fingerprint density at radius 1 is 1.19 bits per heavy atom. The molecule has 0 heterocycles. The van der Waals surface area contributed by atoms with Crippen LogP contribution in [-0.4, -0.2) is 64.8 Å². The summed E-state index contributed by atoms with van der Waals surface area (Å²) >= 11 is 0. The highest BCUT2D eigenvalue weighted by Gasteiger charge is 2.22. The molecule has 0 amide bonds. The standard InChI is InChI=1S/C10H19NO5/c1-8(14)6-9(10(15)16)7-11(2-4-12)3-5-13/h9,12-13H,2-7H2,1H3,(H,15,16). The van der Waals surface area contributed by atoms with E-state index in [1.165, 1.54) is 6.92 Å². The third kappa shape index (κ3) is 6.49. The minimum Gasteiger partial charge on any atom is -0.481 e. The highest BCUT2D eigenvalue weighted by Crippen LogP contribution is 2.07. The second-order valence-corrected chi connectivity index (χ2v) is 3.69. The number of hydrogen-bond acceptors (Lipinski definition) is 5. The number of aliphatic hydroxyl groups is 2. The summed E-state index contributed by atoms with van der Waals surface area (Å²) in [5, 5.41) is 26.4. The largest absolute Gasteiger partial charge is 0.481 e. The first kappa shape index (κ1) is 15.0. The Labute approximate surface area is 94.5 Å². The Morgan fingerprint density at radius 3 is 2.00 bits per heavy atom. The summed E-state index contributed by atoms with van der Waals surface area (Å²) in [6.45, 7) is 1.89. The highest BCUT2D eigenvalue weighted by atomic mass is 16.4. The number of rotatable bonds is 9. The summed E-state index contributed by atoms with van der Waals surface area (Å²) in [5.74, 6) is -1.99. The van der Waals surface area contributed by atoms with Crippen LogP contribution in [0.5, 0.6) is 0 Å². The lowest BCUT2D eigenvalue weighted by Gasteiger charge is -2.23. The van der Waals surface area contributed by atoms with Gasteiger partial charge in [0.2, 0.25) is 0 Å². The summed E-state index contributed by atoms with van der Waals surface area (Å²) in [4.78, 5) is 23.4. The molecule has 0 aliphatic rings. The lowest BCUT2D eigenvalue weighted by atomic mass is 10.0. The van der Waals surface area contributed by atoms with Crippen LogP contribution in [0.3, 0.4) is 0 Å². The smallest absolute Gasteiger partial charge is 0.308 e. The van der Waals surface area contributed by atoms with Crippen molar-refractivity contribution in [3.05, 3.63) is 0 Å². The molecule has 0 fully saturated rings. The van der Waals surface area contributed by atoms with Crippen LogP contribution >= 0.6 is 0 Å². The zero-order chi connectivity index (χ0) is 12.6. The maximum atomic E-state index is 10.9. The monoisotopic (exact) mass is 233 g/mol. The van der Waals surface area contributed by atoms with Gasteiger partial charge < -0.3 is 20.1 Å². The van der Waals surface area contributed by atoms with Crippen molar-refractivity contribution in [2.75, 3.05) is 32.8 Å². The first-order valence-corrected chi connectivity index (χ1v) is 5.17. The van der Waals surface area contributed by atoms with Gasteiger partial charge in [0, 0.05) is 26.1 Å². The Morgan fingerprint density at radius 2 is 1.69 bits per heavy atom. The fourth-order valence-corrected chi connectivity index (χ4v) is 1.47. The minimum absolute atomic E-state index is 0.0251. The number of carboxylic acid groups (broad SMARTS) is 1. The summed E-state index contributed by atoms with van der Waals surface area (Å²) in [6, 6.07) is 0. The molecule has 6 heteroatoms. The molecule has 0 aromatic carbocycles. The molecule has 0 radical (unpaired) electrons. The van der Waals surface area contributed by atoms with E-state index in [4.69, 9.17) is 15.3 Å². The van der Waals surface area contributed by atoms with Crippen LogP contribution in [0, 0.1) is 5.92 Å². The minimum atomic E-state index is -1.03. The fraction of sp³-hybridized carbons (Fsp3) is 0.800. The van der Waals surface area contributed by atoms with Crippen molar-refractivity contribution in [1.29, 1.82) is 0 Å². The van der Waals surface area contributed by atoms with E-state index in [1.807, 2.05) is 0 Å². The normalized spacial score (nSPS) is 12.8. The lowest BCUT2D eigenvalue weighted by Crippen LogP contribution is -2.37. The van der Waals surface area contributed by atoms with E-state index in [1.54, 1.807) is 4.90 Å². The van der Waals surface area contributed by atoms with Crippen molar-refractivity contribution < 1.29 is 24.9 Å². The number of aliphatic carboxylic acids is 1. The van der Waals surface area contributed by atoms with Gasteiger partial charge in [-0.05, 0) is 6.92 Å². The quantitative estimate of drug-likeness (QED) is 0.470. The van der Waals surface area contributed by atoms with Crippen molar-refractivity contribution in [2.24, 2.45) is 5.92 Å². The van der Waals surface area contributed by atoms with Gasteiger partial charge in [0.05, 0.1) is 19.1 Å². The van der Waals surface area contributed by atoms with Gasteiger partial charge in [-0.25, -0.2) is 0 Å². The molecule has 0 rings (SSSR count). The number of carbonyl (C=O) groups is 2. The lowest BCUT2D eigenvalue weighted by molar-refractivity contribution is -0.144. The molecule has 0 aromatic heterocycles. The van der Waals surface area contributed by atoms with Crippen LogP contribution in [0.2, 0.25) is 0 Å². The van der Waals surface area contributed by atoms with Crippen LogP contribution in [-0.2, 0) is 9.59 Å². The van der Waals surface area contributed by atoms with Crippen molar-refractivity contribution >= 4 is 11.8 Å². The van der Waals surface area contributed by atoms with Crippen LogP contribution < -0.4 is 0 Å². The van der Waals surface area contributed by atoms with Gasteiger partial charge in [-0.15, -0.1) is 0 Å². The SMILES string of the molecule is CC(=O)CC(CN(CCO)CCO)C(=O)O. The topological polar surface area (TPSA) is 98.1 Å². The molecule has 0 aliphatic carbocycles. The zero-order valence-electron chi connectivity index (χ0n) is 9.43.